The maximum absolute atomic E-state index is 10.9. The molecule has 32 heavy (non-hydrogen) atoms. The van der Waals surface area contributed by atoms with Crippen LogP contribution in [-0.2, 0) is 4.74 Å². The van der Waals surface area contributed by atoms with E-state index in [0.29, 0.717) is 43.9 Å². The highest BCUT2D eigenvalue weighted by atomic mass is 127. The van der Waals surface area contributed by atoms with Gasteiger partial charge in [-0.3, -0.25) is 10.1 Å². The number of non-ortho nitro benzene ring substituents is 1. The molecule has 1 aliphatic heterocycles. The minimum absolute atomic E-state index is 0.00694. The van der Waals surface area contributed by atoms with Crippen molar-refractivity contribution in [1.29, 1.82) is 0 Å². The lowest BCUT2D eigenvalue weighted by atomic mass is 10.2. The van der Waals surface area contributed by atoms with E-state index in [1.807, 2.05) is 29.2 Å². The summed E-state index contributed by atoms with van der Waals surface area (Å²) >= 11 is 2.24. The third kappa shape index (κ3) is 5.85. The van der Waals surface area contributed by atoms with Crippen LogP contribution in [0.2, 0.25) is 0 Å². The monoisotopic (exact) mass is 546 g/mol. The Balaban J connectivity index is 1.55. The molecule has 0 amide bonds. The average Bonchev–Trinajstić information content (AvgIpc) is 2.81. The van der Waals surface area contributed by atoms with E-state index in [9.17, 15) is 10.1 Å². The van der Waals surface area contributed by atoms with E-state index in [2.05, 4.69) is 53.4 Å². The van der Waals surface area contributed by atoms with Crippen LogP contribution >= 0.6 is 22.6 Å². The summed E-state index contributed by atoms with van der Waals surface area (Å²) in [5.41, 5.74) is 4.41. The number of hydrogen-bond acceptors (Lipinski definition) is 10. The molecule has 2 aromatic carbocycles. The van der Waals surface area contributed by atoms with E-state index >= 15 is 0 Å². The number of hydrogen-bond donors (Lipinski definition) is 2. The van der Waals surface area contributed by atoms with E-state index in [-0.39, 0.29) is 11.6 Å². The summed E-state index contributed by atoms with van der Waals surface area (Å²) in [6.07, 6.45) is 1.68. The summed E-state index contributed by atoms with van der Waals surface area (Å²) < 4.78 is 6.55. The summed E-state index contributed by atoms with van der Waals surface area (Å²) in [7, 11) is 0. The van der Waals surface area contributed by atoms with Gasteiger partial charge in [0.25, 0.3) is 5.69 Å². The van der Waals surface area contributed by atoms with E-state index in [1.54, 1.807) is 18.3 Å². The molecule has 0 aliphatic carbocycles. The fourth-order valence-electron chi connectivity index (χ4n) is 2.88. The zero-order valence-corrected chi connectivity index (χ0v) is 19.0. The smallest absolute Gasteiger partial charge is 0.269 e. The number of morpholine rings is 1. The largest absolute Gasteiger partial charge is 0.378 e. The Morgan fingerprint density at radius 2 is 1.72 bits per heavy atom. The van der Waals surface area contributed by atoms with Crippen LogP contribution in [0.15, 0.2) is 53.6 Å². The highest BCUT2D eigenvalue weighted by Gasteiger charge is 2.17. The Morgan fingerprint density at radius 1 is 1.03 bits per heavy atom. The number of nitrogens with one attached hydrogen (secondary N) is 2. The number of nitro groups is 1. The molecule has 11 nitrogen and oxygen atoms in total. The number of benzene rings is 2. The second kappa shape index (κ2) is 10.3. The molecule has 0 atom stereocenters. The highest BCUT2D eigenvalue weighted by Crippen LogP contribution is 2.21. The first-order valence-electron chi connectivity index (χ1n) is 9.72. The van der Waals surface area contributed by atoms with Crippen molar-refractivity contribution in [1.82, 2.24) is 15.0 Å². The van der Waals surface area contributed by atoms with Crippen molar-refractivity contribution < 1.29 is 9.66 Å². The second-order valence-corrected chi connectivity index (χ2v) is 7.98. The number of hydrazone groups is 1. The maximum atomic E-state index is 10.9. The lowest BCUT2D eigenvalue weighted by Gasteiger charge is -2.27. The van der Waals surface area contributed by atoms with Crippen molar-refractivity contribution >= 4 is 58.0 Å². The molecule has 1 saturated heterocycles. The van der Waals surface area contributed by atoms with Crippen LogP contribution in [0.4, 0.5) is 29.2 Å². The molecule has 4 rings (SSSR count). The lowest BCUT2D eigenvalue weighted by molar-refractivity contribution is -0.384. The van der Waals surface area contributed by atoms with E-state index in [1.165, 1.54) is 12.1 Å². The molecule has 2 N–H and O–H groups in total. The summed E-state index contributed by atoms with van der Waals surface area (Å²) in [4.78, 5) is 25.8. The topological polar surface area (TPSA) is 131 Å². The Kier molecular flexibility index (Phi) is 7.01. The van der Waals surface area contributed by atoms with Gasteiger partial charge in [0.2, 0.25) is 17.8 Å². The molecule has 0 unspecified atom stereocenters. The van der Waals surface area contributed by atoms with Crippen molar-refractivity contribution in [2.75, 3.05) is 41.9 Å². The number of rotatable bonds is 7. The van der Waals surface area contributed by atoms with Crippen LogP contribution in [0.25, 0.3) is 0 Å². The normalized spacial score (nSPS) is 13.8. The van der Waals surface area contributed by atoms with Gasteiger partial charge in [0.1, 0.15) is 0 Å². The molecule has 0 saturated carbocycles. The van der Waals surface area contributed by atoms with Crippen LogP contribution in [0.3, 0.4) is 0 Å². The Morgan fingerprint density at radius 3 is 2.41 bits per heavy atom. The zero-order valence-electron chi connectivity index (χ0n) is 16.8. The van der Waals surface area contributed by atoms with Gasteiger partial charge in [-0.25, -0.2) is 5.43 Å². The minimum atomic E-state index is -0.448. The Hall–Kier alpha value is -3.39. The number of nitro benzene ring substituents is 1. The Labute approximate surface area is 197 Å². The summed E-state index contributed by atoms with van der Waals surface area (Å²) in [6.45, 7) is 2.49. The molecule has 12 heteroatoms. The number of halogens is 1. The molecule has 2 heterocycles. The molecule has 1 aromatic heterocycles. The van der Waals surface area contributed by atoms with E-state index < -0.39 is 4.92 Å². The average molecular weight is 546 g/mol. The fourth-order valence-corrected chi connectivity index (χ4v) is 3.24. The summed E-state index contributed by atoms with van der Waals surface area (Å²) in [5.74, 6) is 1.05. The SMILES string of the molecule is O=[N+]([O-])c1ccc(Nc2nc(N/N=C\c3ccc(I)cc3)nc(N3CCOCC3)n2)cc1. The van der Waals surface area contributed by atoms with Crippen molar-refractivity contribution in [3.63, 3.8) is 0 Å². The van der Waals surface area contributed by atoms with Gasteiger partial charge in [0.15, 0.2) is 0 Å². The van der Waals surface area contributed by atoms with Crippen molar-refractivity contribution in [2.45, 2.75) is 0 Å². The third-order valence-electron chi connectivity index (χ3n) is 4.50. The molecule has 3 aromatic rings. The number of anilines is 4. The number of ether oxygens (including phenoxy) is 1. The van der Waals surface area contributed by atoms with Crippen LogP contribution in [0, 0.1) is 13.7 Å². The first-order valence-corrected chi connectivity index (χ1v) is 10.8. The van der Waals surface area contributed by atoms with Gasteiger partial charge in [0.05, 0.1) is 24.4 Å². The van der Waals surface area contributed by atoms with Gasteiger partial charge in [-0.05, 0) is 52.4 Å². The van der Waals surface area contributed by atoms with Gasteiger partial charge in [0, 0.05) is 34.5 Å². The van der Waals surface area contributed by atoms with Crippen molar-refractivity contribution in [3.8, 4) is 0 Å². The Bertz CT molecular complexity index is 1100. The standard InChI is InChI=1S/C20H19IN8O3/c21-15-3-1-14(2-4-15)13-22-27-19-24-18(23-16-5-7-17(8-6-16)29(30)31)25-20(26-19)28-9-11-32-12-10-28/h1-8,13H,9-12H2,(H2,23,24,25,26,27)/b22-13-. The van der Waals surface area contributed by atoms with E-state index in [4.69, 9.17) is 4.74 Å². The highest BCUT2D eigenvalue weighted by molar-refractivity contribution is 14.1. The van der Waals surface area contributed by atoms with Crippen molar-refractivity contribution in [2.24, 2.45) is 5.10 Å². The summed E-state index contributed by atoms with van der Waals surface area (Å²) in [6, 6.07) is 13.9. The third-order valence-corrected chi connectivity index (χ3v) is 5.22. The van der Waals surface area contributed by atoms with E-state index in [0.717, 1.165) is 9.13 Å². The molecule has 164 valence electrons. The maximum Gasteiger partial charge on any atom is 0.269 e. The van der Waals surface area contributed by atoms with Gasteiger partial charge in [-0.2, -0.15) is 20.1 Å². The van der Waals surface area contributed by atoms with Gasteiger partial charge >= 0.3 is 0 Å². The molecular formula is C20H19IN8O3. The van der Waals surface area contributed by atoms with Gasteiger partial charge < -0.3 is 15.0 Å². The van der Waals surface area contributed by atoms with Crippen LogP contribution in [-0.4, -0.2) is 52.4 Å². The van der Waals surface area contributed by atoms with Crippen LogP contribution < -0.4 is 15.6 Å². The van der Waals surface area contributed by atoms with Gasteiger partial charge in [-0.15, -0.1) is 0 Å². The lowest BCUT2D eigenvalue weighted by Crippen LogP contribution is -2.37. The summed E-state index contributed by atoms with van der Waals surface area (Å²) in [5, 5.41) is 18.2. The molecule has 1 aliphatic rings. The van der Waals surface area contributed by atoms with Crippen LogP contribution in [0.5, 0.6) is 0 Å². The first-order chi connectivity index (χ1) is 15.6. The number of aromatic nitrogens is 3. The molecule has 0 spiro atoms. The predicted octanol–water partition coefficient (Wildman–Crippen LogP) is 3.41. The molecule has 1 fully saturated rings. The minimum Gasteiger partial charge on any atom is -0.378 e. The first kappa shape index (κ1) is 21.8. The molecular weight excluding hydrogens is 527 g/mol. The molecule has 0 radical (unpaired) electrons. The van der Waals surface area contributed by atoms with Crippen molar-refractivity contribution in [3.05, 3.63) is 67.8 Å². The zero-order chi connectivity index (χ0) is 22.3. The molecule has 0 bridgehead atoms. The fraction of sp³-hybridized carbons (Fsp3) is 0.200. The quantitative estimate of drug-likeness (QED) is 0.198. The second-order valence-electron chi connectivity index (χ2n) is 6.73. The van der Waals surface area contributed by atoms with Crippen LogP contribution in [0.1, 0.15) is 5.56 Å². The number of nitrogens with zero attached hydrogens (tertiary/aromatic N) is 6. The predicted molar refractivity (Wildman–Crippen MR) is 130 cm³/mol. The van der Waals surface area contributed by atoms with Gasteiger partial charge in [-0.1, -0.05) is 12.1 Å².